The van der Waals surface area contributed by atoms with Gasteiger partial charge in [0, 0.05) is 31.7 Å². The molecule has 1 amide bonds. The molecule has 2 aromatic heterocycles. The second-order valence-electron chi connectivity index (χ2n) is 3.66. The average Bonchev–Trinajstić information content (AvgIpc) is 2.85. The van der Waals surface area contributed by atoms with E-state index in [2.05, 4.69) is 10.3 Å². The van der Waals surface area contributed by atoms with Crippen LogP contribution < -0.4 is 5.32 Å². The summed E-state index contributed by atoms with van der Waals surface area (Å²) in [4.78, 5) is 15.6. The number of hydrogen-bond acceptors (Lipinski definition) is 2. The van der Waals surface area contributed by atoms with E-state index in [9.17, 15) is 4.79 Å². The molecule has 0 unspecified atom stereocenters. The van der Waals surface area contributed by atoms with E-state index in [1.54, 1.807) is 0 Å². The Morgan fingerprint density at radius 2 is 2.06 bits per heavy atom. The van der Waals surface area contributed by atoms with Crippen LogP contribution >= 0.6 is 23.2 Å². The first-order valence-corrected chi connectivity index (χ1v) is 6.12. The van der Waals surface area contributed by atoms with E-state index >= 15 is 0 Å². The highest BCUT2D eigenvalue weighted by molar-refractivity contribution is 6.35. The van der Waals surface area contributed by atoms with Gasteiger partial charge in [0.25, 0.3) is 5.91 Å². The number of amides is 1. The van der Waals surface area contributed by atoms with Crippen molar-refractivity contribution in [2.24, 2.45) is 0 Å². The maximum Gasteiger partial charge on any atom is 0.253 e. The molecule has 0 saturated carbocycles. The minimum absolute atomic E-state index is 0.245. The molecule has 94 valence electrons. The first-order valence-electron chi connectivity index (χ1n) is 5.37. The fourth-order valence-electron chi connectivity index (χ4n) is 1.50. The molecule has 2 rings (SSSR count). The third kappa shape index (κ3) is 3.24. The van der Waals surface area contributed by atoms with E-state index in [0.29, 0.717) is 18.7 Å². The van der Waals surface area contributed by atoms with Crippen LogP contribution in [0.4, 0.5) is 0 Å². The maximum absolute atomic E-state index is 11.9. The Labute approximate surface area is 115 Å². The van der Waals surface area contributed by atoms with Crippen LogP contribution in [-0.2, 0) is 6.54 Å². The van der Waals surface area contributed by atoms with Crippen LogP contribution in [-0.4, -0.2) is 22.0 Å². The quantitative estimate of drug-likeness (QED) is 0.877. The van der Waals surface area contributed by atoms with E-state index in [4.69, 9.17) is 23.2 Å². The maximum atomic E-state index is 11.9. The van der Waals surface area contributed by atoms with Gasteiger partial charge in [-0.05, 0) is 18.2 Å². The molecule has 0 saturated heterocycles. The molecule has 0 fully saturated rings. The number of hydrogen-bond donors (Lipinski definition) is 1. The molecular formula is C12H11Cl2N3O. The lowest BCUT2D eigenvalue weighted by Crippen LogP contribution is -2.27. The summed E-state index contributed by atoms with van der Waals surface area (Å²) >= 11 is 11.6. The van der Waals surface area contributed by atoms with E-state index in [-0.39, 0.29) is 16.1 Å². The minimum atomic E-state index is -0.253. The Morgan fingerprint density at radius 1 is 1.33 bits per heavy atom. The second-order valence-corrected chi connectivity index (χ2v) is 4.46. The van der Waals surface area contributed by atoms with Crippen molar-refractivity contribution >= 4 is 29.1 Å². The molecule has 18 heavy (non-hydrogen) atoms. The lowest BCUT2D eigenvalue weighted by molar-refractivity contribution is 0.0952. The van der Waals surface area contributed by atoms with Crippen LogP contribution in [0.1, 0.15) is 10.4 Å². The summed E-state index contributed by atoms with van der Waals surface area (Å²) < 4.78 is 1.97. The molecular weight excluding hydrogens is 273 g/mol. The molecule has 4 nitrogen and oxygen atoms in total. The first kappa shape index (κ1) is 12.9. The van der Waals surface area contributed by atoms with Gasteiger partial charge < -0.3 is 9.88 Å². The highest BCUT2D eigenvalue weighted by atomic mass is 35.5. The van der Waals surface area contributed by atoms with Crippen molar-refractivity contribution in [1.29, 1.82) is 0 Å². The number of halogens is 2. The van der Waals surface area contributed by atoms with Crippen molar-refractivity contribution in [1.82, 2.24) is 14.9 Å². The summed E-state index contributed by atoms with van der Waals surface area (Å²) in [5.74, 6) is -0.253. The summed E-state index contributed by atoms with van der Waals surface area (Å²) in [6.07, 6.45) is 5.23. The molecule has 2 heterocycles. The smallest absolute Gasteiger partial charge is 0.253 e. The normalized spacial score (nSPS) is 10.3. The topological polar surface area (TPSA) is 46.9 Å². The molecule has 0 spiro atoms. The summed E-state index contributed by atoms with van der Waals surface area (Å²) in [5.41, 5.74) is 0.337. The van der Waals surface area contributed by atoms with Gasteiger partial charge in [-0.3, -0.25) is 4.79 Å². The van der Waals surface area contributed by atoms with Crippen molar-refractivity contribution in [2.75, 3.05) is 6.54 Å². The number of pyridine rings is 1. The third-order valence-corrected chi connectivity index (χ3v) is 2.90. The van der Waals surface area contributed by atoms with Crippen molar-refractivity contribution in [2.45, 2.75) is 6.54 Å². The SMILES string of the molecule is O=C(NCCn1cccc1)c1cc(Cl)ncc1Cl. The lowest BCUT2D eigenvalue weighted by Gasteiger charge is -2.07. The van der Waals surface area contributed by atoms with Gasteiger partial charge in [-0.2, -0.15) is 0 Å². The molecule has 0 aliphatic carbocycles. The molecule has 1 N–H and O–H groups in total. The van der Waals surface area contributed by atoms with Crippen LogP contribution in [0.15, 0.2) is 36.8 Å². The van der Waals surface area contributed by atoms with Crippen molar-refractivity contribution in [3.8, 4) is 0 Å². The summed E-state index contributed by atoms with van der Waals surface area (Å²) in [7, 11) is 0. The number of carbonyl (C=O) groups is 1. The largest absolute Gasteiger partial charge is 0.353 e. The number of nitrogens with zero attached hydrogens (tertiary/aromatic N) is 2. The van der Waals surface area contributed by atoms with Crippen LogP contribution in [0, 0.1) is 0 Å². The zero-order valence-corrected chi connectivity index (χ0v) is 10.9. The Bertz CT molecular complexity index is 540. The van der Waals surface area contributed by atoms with Gasteiger partial charge >= 0.3 is 0 Å². The summed E-state index contributed by atoms with van der Waals surface area (Å²) in [6, 6.07) is 5.32. The number of nitrogens with one attached hydrogen (secondary N) is 1. The van der Waals surface area contributed by atoms with E-state index in [0.717, 1.165) is 0 Å². The zero-order chi connectivity index (χ0) is 13.0. The minimum Gasteiger partial charge on any atom is -0.353 e. The second kappa shape index (κ2) is 5.89. The van der Waals surface area contributed by atoms with Crippen molar-refractivity contribution in [3.05, 3.63) is 52.5 Å². The number of aromatic nitrogens is 2. The zero-order valence-electron chi connectivity index (χ0n) is 9.44. The van der Waals surface area contributed by atoms with Crippen molar-refractivity contribution < 1.29 is 4.79 Å². The van der Waals surface area contributed by atoms with Crippen LogP contribution in [0.25, 0.3) is 0 Å². The van der Waals surface area contributed by atoms with Crippen LogP contribution in [0.2, 0.25) is 10.2 Å². The van der Waals surface area contributed by atoms with Gasteiger partial charge in [0.05, 0.1) is 10.6 Å². The first-order chi connectivity index (χ1) is 8.66. The number of rotatable bonds is 4. The molecule has 0 bridgehead atoms. The predicted molar refractivity (Wildman–Crippen MR) is 71.0 cm³/mol. The Hall–Kier alpha value is -1.52. The number of carbonyl (C=O) groups excluding carboxylic acids is 1. The van der Waals surface area contributed by atoms with Gasteiger partial charge in [-0.1, -0.05) is 23.2 Å². The van der Waals surface area contributed by atoms with Gasteiger partial charge in [0.2, 0.25) is 0 Å². The fraction of sp³-hybridized carbons (Fsp3) is 0.167. The van der Waals surface area contributed by atoms with E-state index in [1.807, 2.05) is 29.1 Å². The molecule has 0 aromatic carbocycles. The Morgan fingerprint density at radius 3 is 2.78 bits per heavy atom. The van der Waals surface area contributed by atoms with Crippen LogP contribution in [0.5, 0.6) is 0 Å². The van der Waals surface area contributed by atoms with Gasteiger partial charge in [-0.25, -0.2) is 4.98 Å². The predicted octanol–water partition coefficient (Wildman–Crippen LogP) is 2.62. The summed E-state index contributed by atoms with van der Waals surface area (Å²) in [5, 5.41) is 3.31. The van der Waals surface area contributed by atoms with Crippen LogP contribution in [0.3, 0.4) is 0 Å². The van der Waals surface area contributed by atoms with Gasteiger partial charge in [-0.15, -0.1) is 0 Å². The Balaban J connectivity index is 1.93. The molecule has 0 aliphatic heterocycles. The van der Waals surface area contributed by atoms with Crippen molar-refractivity contribution in [3.63, 3.8) is 0 Å². The molecule has 0 radical (unpaired) electrons. The highest BCUT2D eigenvalue weighted by Crippen LogP contribution is 2.17. The lowest BCUT2D eigenvalue weighted by atomic mass is 10.2. The summed E-state index contributed by atoms with van der Waals surface area (Å²) in [6.45, 7) is 1.22. The standard InChI is InChI=1S/C12H11Cl2N3O/c13-10-8-16-11(14)7-9(10)12(18)15-3-6-17-4-1-2-5-17/h1-2,4-5,7-8H,3,6H2,(H,15,18). The molecule has 0 atom stereocenters. The molecule has 6 heteroatoms. The average molecular weight is 284 g/mol. The van der Waals surface area contributed by atoms with E-state index in [1.165, 1.54) is 12.3 Å². The highest BCUT2D eigenvalue weighted by Gasteiger charge is 2.10. The monoisotopic (exact) mass is 283 g/mol. The van der Waals surface area contributed by atoms with Gasteiger partial charge in [0.1, 0.15) is 5.15 Å². The molecule has 0 aliphatic rings. The Kier molecular flexibility index (Phi) is 4.23. The van der Waals surface area contributed by atoms with E-state index < -0.39 is 0 Å². The fourth-order valence-corrected chi connectivity index (χ4v) is 1.85. The molecule has 2 aromatic rings. The van der Waals surface area contributed by atoms with Gasteiger partial charge in [0.15, 0.2) is 0 Å². The third-order valence-electron chi connectivity index (χ3n) is 2.39.